The van der Waals surface area contributed by atoms with Gasteiger partial charge in [-0.2, -0.15) is 0 Å². The lowest BCUT2D eigenvalue weighted by Crippen LogP contribution is -1.89. The maximum absolute atomic E-state index is 4.02. The maximum Gasteiger partial charge on any atom is 0.0550 e. The fourth-order valence-corrected chi connectivity index (χ4v) is 0.412. The molecule has 0 aromatic carbocycles. The van der Waals surface area contributed by atoms with Gasteiger partial charge in [0.15, 0.2) is 0 Å². The van der Waals surface area contributed by atoms with Gasteiger partial charge in [-0.05, 0) is 13.8 Å². The van der Waals surface area contributed by atoms with Crippen LogP contribution >= 0.6 is 0 Å². The Hall–Kier alpha value is -0.920. The molecule has 0 amide bonds. The summed E-state index contributed by atoms with van der Waals surface area (Å²) in [6.45, 7) is 3.84. The van der Waals surface area contributed by atoms with Gasteiger partial charge in [-0.15, -0.1) is 0 Å². The standard InChI is InChI=1S/C7H12N2/c1-4-5-9-7(2)6-8-3/h4-6H,1-3H3/b5-4-,8-6+,9-7-. The van der Waals surface area contributed by atoms with E-state index in [0.29, 0.717) is 0 Å². The largest absolute Gasteiger partial charge is 0.295 e. The first-order valence-corrected chi connectivity index (χ1v) is 2.89. The predicted octanol–water partition coefficient (Wildman–Crippen LogP) is 1.68. The third-order valence-electron chi connectivity index (χ3n) is 0.743. The Morgan fingerprint density at radius 3 is 2.56 bits per heavy atom. The second kappa shape index (κ2) is 5.22. The average molecular weight is 124 g/mol. The molecular weight excluding hydrogens is 112 g/mol. The Labute approximate surface area is 56.0 Å². The van der Waals surface area contributed by atoms with E-state index in [4.69, 9.17) is 0 Å². The normalized spacial score (nSPS) is 13.9. The summed E-state index contributed by atoms with van der Waals surface area (Å²) >= 11 is 0. The molecule has 0 aromatic heterocycles. The highest BCUT2D eigenvalue weighted by atomic mass is 14.7. The molecule has 0 aliphatic heterocycles. The lowest BCUT2D eigenvalue weighted by molar-refractivity contribution is 1.46. The zero-order valence-corrected chi connectivity index (χ0v) is 6.13. The molecule has 9 heavy (non-hydrogen) atoms. The highest BCUT2D eigenvalue weighted by Gasteiger charge is 1.75. The van der Waals surface area contributed by atoms with E-state index in [9.17, 15) is 0 Å². The van der Waals surface area contributed by atoms with Gasteiger partial charge in [-0.3, -0.25) is 9.98 Å². The summed E-state index contributed by atoms with van der Waals surface area (Å²) in [4.78, 5) is 7.82. The number of nitrogens with zero attached hydrogens (tertiary/aromatic N) is 2. The van der Waals surface area contributed by atoms with Gasteiger partial charge < -0.3 is 0 Å². The van der Waals surface area contributed by atoms with Crippen LogP contribution in [-0.2, 0) is 0 Å². The second-order valence-corrected chi connectivity index (χ2v) is 1.64. The molecule has 0 aromatic rings. The van der Waals surface area contributed by atoms with Crippen LogP contribution in [0.1, 0.15) is 13.8 Å². The molecule has 2 nitrogen and oxygen atoms in total. The van der Waals surface area contributed by atoms with Crippen molar-refractivity contribution in [1.29, 1.82) is 0 Å². The summed E-state index contributed by atoms with van der Waals surface area (Å²) in [5.74, 6) is 0. The molecule has 0 radical (unpaired) electrons. The van der Waals surface area contributed by atoms with Gasteiger partial charge in [-0.1, -0.05) is 6.08 Å². The molecule has 0 spiro atoms. The molecule has 0 aliphatic carbocycles. The van der Waals surface area contributed by atoms with Crippen LogP contribution in [0.15, 0.2) is 22.3 Å². The molecule has 0 bridgehead atoms. The quantitative estimate of drug-likeness (QED) is 0.500. The monoisotopic (exact) mass is 124 g/mol. The lowest BCUT2D eigenvalue weighted by atomic mass is 10.5. The Bertz CT molecular complexity index is 143. The molecule has 0 heterocycles. The van der Waals surface area contributed by atoms with Crippen LogP contribution in [0.25, 0.3) is 0 Å². The second-order valence-electron chi connectivity index (χ2n) is 1.64. The Morgan fingerprint density at radius 1 is 1.44 bits per heavy atom. The van der Waals surface area contributed by atoms with Gasteiger partial charge >= 0.3 is 0 Å². The predicted molar refractivity (Wildman–Crippen MR) is 42.3 cm³/mol. The molecule has 0 unspecified atom stereocenters. The minimum atomic E-state index is 0.926. The fourth-order valence-electron chi connectivity index (χ4n) is 0.412. The van der Waals surface area contributed by atoms with Gasteiger partial charge in [0.2, 0.25) is 0 Å². The molecule has 0 aliphatic rings. The van der Waals surface area contributed by atoms with E-state index in [1.807, 2.05) is 19.9 Å². The van der Waals surface area contributed by atoms with Crippen molar-refractivity contribution in [3.63, 3.8) is 0 Å². The molecule has 0 fully saturated rings. The Kier molecular flexibility index (Phi) is 4.69. The Morgan fingerprint density at radius 2 is 2.11 bits per heavy atom. The molecular formula is C7H12N2. The van der Waals surface area contributed by atoms with Gasteiger partial charge in [0.05, 0.1) is 5.71 Å². The van der Waals surface area contributed by atoms with E-state index in [1.165, 1.54) is 0 Å². The molecule has 0 atom stereocenters. The van der Waals surface area contributed by atoms with Gasteiger partial charge in [0.1, 0.15) is 0 Å². The van der Waals surface area contributed by atoms with Crippen molar-refractivity contribution >= 4 is 11.9 Å². The molecule has 50 valence electrons. The van der Waals surface area contributed by atoms with E-state index >= 15 is 0 Å². The van der Waals surface area contributed by atoms with Crippen molar-refractivity contribution in [2.45, 2.75) is 13.8 Å². The number of allylic oxidation sites excluding steroid dienone is 1. The van der Waals surface area contributed by atoms with E-state index in [-0.39, 0.29) is 0 Å². The minimum absolute atomic E-state index is 0.926. The smallest absolute Gasteiger partial charge is 0.0550 e. The number of aliphatic imine (C=N–C) groups is 2. The van der Waals surface area contributed by atoms with Crippen LogP contribution in [0.4, 0.5) is 0 Å². The number of hydrogen-bond acceptors (Lipinski definition) is 2. The van der Waals surface area contributed by atoms with Gasteiger partial charge in [-0.25, -0.2) is 0 Å². The summed E-state index contributed by atoms with van der Waals surface area (Å²) in [6.07, 6.45) is 5.35. The number of hydrogen-bond donors (Lipinski definition) is 0. The highest BCUT2D eigenvalue weighted by Crippen LogP contribution is 1.76. The topological polar surface area (TPSA) is 24.7 Å². The zero-order chi connectivity index (χ0) is 7.11. The highest BCUT2D eigenvalue weighted by molar-refractivity contribution is 6.29. The summed E-state index contributed by atoms with van der Waals surface area (Å²) in [7, 11) is 1.73. The van der Waals surface area contributed by atoms with Crippen LogP contribution in [0.3, 0.4) is 0 Å². The first-order chi connectivity index (χ1) is 4.31. The van der Waals surface area contributed by atoms with Gasteiger partial charge in [0, 0.05) is 19.5 Å². The molecule has 0 N–H and O–H groups in total. The van der Waals surface area contributed by atoms with Crippen LogP contribution in [0.5, 0.6) is 0 Å². The molecule has 0 saturated heterocycles. The maximum atomic E-state index is 4.02. The summed E-state index contributed by atoms with van der Waals surface area (Å²) < 4.78 is 0. The van der Waals surface area contributed by atoms with E-state index in [1.54, 1.807) is 19.5 Å². The van der Waals surface area contributed by atoms with Crippen LogP contribution < -0.4 is 0 Å². The number of rotatable bonds is 2. The molecule has 0 rings (SSSR count). The third-order valence-corrected chi connectivity index (χ3v) is 0.743. The van der Waals surface area contributed by atoms with Crippen molar-refractivity contribution in [2.24, 2.45) is 9.98 Å². The lowest BCUT2D eigenvalue weighted by Gasteiger charge is -1.82. The van der Waals surface area contributed by atoms with Crippen molar-refractivity contribution in [3.8, 4) is 0 Å². The first-order valence-electron chi connectivity index (χ1n) is 2.89. The fraction of sp³-hybridized carbons (Fsp3) is 0.429. The van der Waals surface area contributed by atoms with E-state index < -0.39 is 0 Å². The van der Waals surface area contributed by atoms with Gasteiger partial charge in [0.25, 0.3) is 0 Å². The molecule has 2 heteroatoms. The Balaban J connectivity index is 3.84. The third kappa shape index (κ3) is 4.94. The zero-order valence-electron chi connectivity index (χ0n) is 6.13. The summed E-state index contributed by atoms with van der Waals surface area (Å²) in [6, 6.07) is 0. The van der Waals surface area contributed by atoms with Crippen molar-refractivity contribution in [2.75, 3.05) is 7.05 Å². The summed E-state index contributed by atoms with van der Waals surface area (Å²) in [5, 5.41) is 0. The van der Waals surface area contributed by atoms with Crippen molar-refractivity contribution in [1.82, 2.24) is 0 Å². The molecule has 0 saturated carbocycles. The summed E-state index contributed by atoms with van der Waals surface area (Å²) in [5.41, 5.74) is 0.926. The van der Waals surface area contributed by atoms with E-state index in [0.717, 1.165) is 5.71 Å². The average Bonchev–Trinajstić information content (AvgIpc) is 1.85. The first kappa shape index (κ1) is 8.08. The van der Waals surface area contributed by atoms with Crippen molar-refractivity contribution < 1.29 is 0 Å². The van der Waals surface area contributed by atoms with Crippen LogP contribution in [0, 0.1) is 0 Å². The minimum Gasteiger partial charge on any atom is -0.295 e. The SMILES string of the molecule is C\C=C/N=C(C)\C=N\C. The van der Waals surface area contributed by atoms with Crippen LogP contribution in [0.2, 0.25) is 0 Å². The van der Waals surface area contributed by atoms with Crippen molar-refractivity contribution in [3.05, 3.63) is 12.3 Å². The van der Waals surface area contributed by atoms with Crippen LogP contribution in [-0.4, -0.2) is 19.0 Å². The van der Waals surface area contributed by atoms with E-state index in [2.05, 4.69) is 9.98 Å².